The number of nitrogens with zero attached hydrogens (tertiary/aromatic N) is 4. The van der Waals surface area contributed by atoms with E-state index in [1.165, 1.54) is 6.07 Å². The van der Waals surface area contributed by atoms with Gasteiger partial charge in [0.05, 0.1) is 0 Å². The molecule has 32 heavy (non-hydrogen) atoms. The van der Waals surface area contributed by atoms with Gasteiger partial charge in [0, 0.05) is 61.3 Å². The van der Waals surface area contributed by atoms with Gasteiger partial charge in [-0.1, -0.05) is 6.58 Å². The molecule has 4 rings (SSSR count). The maximum absolute atomic E-state index is 13.2. The van der Waals surface area contributed by atoms with Gasteiger partial charge in [-0.15, -0.1) is 0 Å². The Labute approximate surface area is 180 Å². The number of fused-ring (bicyclic) bond motifs is 3. The Kier molecular flexibility index (Phi) is 5.55. The summed E-state index contributed by atoms with van der Waals surface area (Å²) < 4.78 is 52.4. The van der Waals surface area contributed by atoms with Crippen molar-refractivity contribution in [3.63, 3.8) is 0 Å². The van der Waals surface area contributed by atoms with Gasteiger partial charge in [-0.2, -0.15) is 13.2 Å². The fourth-order valence-corrected chi connectivity index (χ4v) is 3.84. The molecule has 1 amide bonds. The normalized spacial score (nSPS) is 16.6. The number of hydrogen-bond acceptors (Lipinski definition) is 6. The number of carbonyl (C=O) groups excluding carboxylic acids is 2. The van der Waals surface area contributed by atoms with Crippen molar-refractivity contribution in [3.05, 3.63) is 53.4 Å². The van der Waals surface area contributed by atoms with Crippen molar-refractivity contribution in [3.8, 4) is 11.1 Å². The second-order valence-electron chi connectivity index (χ2n) is 7.78. The molecule has 168 valence electrons. The van der Waals surface area contributed by atoms with E-state index in [0.29, 0.717) is 17.7 Å². The average molecular weight is 449 g/mol. The third kappa shape index (κ3) is 4.13. The lowest BCUT2D eigenvalue weighted by atomic mass is 9.98. The van der Waals surface area contributed by atoms with Gasteiger partial charge in [0.15, 0.2) is 5.83 Å². The van der Waals surface area contributed by atoms with Gasteiger partial charge in [-0.05, 0) is 24.7 Å². The molecule has 1 aliphatic heterocycles. The Bertz CT molecular complexity index is 1120. The van der Waals surface area contributed by atoms with E-state index in [4.69, 9.17) is 0 Å². The third-order valence-corrected chi connectivity index (χ3v) is 5.49. The first-order valence-corrected chi connectivity index (χ1v) is 9.77. The van der Waals surface area contributed by atoms with Gasteiger partial charge < -0.3 is 10.2 Å². The second-order valence-corrected chi connectivity index (χ2v) is 7.78. The fourth-order valence-electron chi connectivity index (χ4n) is 3.84. The summed E-state index contributed by atoms with van der Waals surface area (Å²) in [5, 5.41) is 2.33. The van der Waals surface area contributed by atoms with Crippen LogP contribution in [0.15, 0.2) is 30.7 Å². The third-order valence-electron chi connectivity index (χ3n) is 5.49. The molecule has 1 N–H and O–H groups in total. The molecular formula is C21H19F4N5O2. The van der Waals surface area contributed by atoms with E-state index < -0.39 is 29.5 Å². The molecule has 1 aromatic carbocycles. The maximum Gasteiger partial charge on any atom is 0.451 e. The van der Waals surface area contributed by atoms with Crippen molar-refractivity contribution in [1.29, 1.82) is 0 Å². The molecule has 0 bridgehead atoms. The highest BCUT2D eigenvalue weighted by Crippen LogP contribution is 2.41. The number of aromatic nitrogens is 2. The van der Waals surface area contributed by atoms with Crippen molar-refractivity contribution in [2.45, 2.75) is 12.7 Å². The van der Waals surface area contributed by atoms with Crippen molar-refractivity contribution in [1.82, 2.24) is 19.8 Å². The lowest BCUT2D eigenvalue weighted by Gasteiger charge is -2.32. The van der Waals surface area contributed by atoms with Gasteiger partial charge in [0.25, 0.3) is 5.91 Å². The molecule has 0 atom stereocenters. The number of likely N-dealkylation sites (N-methyl/N-ethyl adjacent to an activating group) is 1. The quantitative estimate of drug-likeness (QED) is 0.488. The van der Waals surface area contributed by atoms with Crippen LogP contribution in [-0.2, 0) is 17.5 Å². The highest BCUT2D eigenvalue weighted by molar-refractivity contribution is 6.21. The molecule has 7 nitrogen and oxygen atoms in total. The van der Waals surface area contributed by atoms with Crippen LogP contribution in [0.5, 0.6) is 0 Å². The van der Waals surface area contributed by atoms with E-state index in [1.54, 1.807) is 6.07 Å². The smallest absolute Gasteiger partial charge is 0.320 e. The minimum atomic E-state index is -4.80. The maximum atomic E-state index is 13.2. The summed E-state index contributed by atoms with van der Waals surface area (Å²) in [7, 11) is 2.00. The highest BCUT2D eigenvalue weighted by atomic mass is 19.4. The van der Waals surface area contributed by atoms with Gasteiger partial charge in [-0.3, -0.25) is 14.5 Å². The largest absolute Gasteiger partial charge is 0.451 e. The van der Waals surface area contributed by atoms with Crippen molar-refractivity contribution in [2.24, 2.45) is 0 Å². The Balaban J connectivity index is 1.79. The summed E-state index contributed by atoms with van der Waals surface area (Å²) in [5.41, 5.74) is 1.11. The van der Waals surface area contributed by atoms with Crippen molar-refractivity contribution < 1.29 is 27.2 Å². The number of carbonyl (C=O) groups is 2. The van der Waals surface area contributed by atoms with Crippen LogP contribution >= 0.6 is 0 Å². The van der Waals surface area contributed by atoms with Crippen LogP contribution < -0.4 is 5.32 Å². The summed E-state index contributed by atoms with van der Waals surface area (Å²) in [4.78, 5) is 35.9. The van der Waals surface area contributed by atoms with Gasteiger partial charge >= 0.3 is 6.18 Å². The van der Waals surface area contributed by atoms with E-state index >= 15 is 0 Å². The number of nitrogens with one attached hydrogen (secondary N) is 1. The van der Waals surface area contributed by atoms with E-state index in [1.807, 2.05) is 7.05 Å². The minimum absolute atomic E-state index is 0.0834. The zero-order chi connectivity index (χ0) is 23.2. The molecular weight excluding hydrogens is 430 g/mol. The molecule has 2 heterocycles. The van der Waals surface area contributed by atoms with Gasteiger partial charge in [0.1, 0.15) is 5.69 Å². The van der Waals surface area contributed by atoms with E-state index in [2.05, 4.69) is 31.7 Å². The lowest BCUT2D eigenvalue weighted by Crippen LogP contribution is -2.43. The Morgan fingerprint density at radius 1 is 1.19 bits per heavy atom. The second kappa shape index (κ2) is 8.06. The fraction of sp³-hybridized carbons (Fsp3) is 0.333. The van der Waals surface area contributed by atoms with E-state index in [-0.39, 0.29) is 22.5 Å². The number of anilines is 1. The first-order chi connectivity index (χ1) is 15.0. The van der Waals surface area contributed by atoms with Gasteiger partial charge in [0.2, 0.25) is 11.6 Å². The first-order valence-electron chi connectivity index (χ1n) is 9.77. The molecule has 2 aromatic rings. The molecule has 1 saturated heterocycles. The van der Waals surface area contributed by atoms with E-state index in [9.17, 15) is 27.2 Å². The molecule has 1 fully saturated rings. The number of benzene rings is 1. The van der Waals surface area contributed by atoms with Crippen molar-refractivity contribution in [2.75, 3.05) is 38.5 Å². The summed E-state index contributed by atoms with van der Waals surface area (Å²) in [5.74, 6) is -4.39. The molecule has 0 saturated carbocycles. The predicted molar refractivity (Wildman–Crippen MR) is 108 cm³/mol. The van der Waals surface area contributed by atoms with Crippen LogP contribution in [0, 0.1) is 0 Å². The van der Waals surface area contributed by atoms with Crippen LogP contribution in [0.2, 0.25) is 0 Å². The number of halogens is 4. The summed E-state index contributed by atoms with van der Waals surface area (Å²) in [6, 6.07) is 2.89. The molecule has 0 unspecified atom stereocenters. The Morgan fingerprint density at radius 3 is 2.50 bits per heavy atom. The highest BCUT2D eigenvalue weighted by Gasteiger charge is 2.39. The molecule has 11 heteroatoms. The summed E-state index contributed by atoms with van der Waals surface area (Å²) in [6.45, 7) is 6.46. The number of rotatable bonds is 4. The summed E-state index contributed by atoms with van der Waals surface area (Å²) in [6.07, 6.45) is -3.79. The molecule has 2 aliphatic rings. The predicted octanol–water partition coefficient (Wildman–Crippen LogP) is 2.88. The lowest BCUT2D eigenvalue weighted by molar-refractivity contribution is -0.145. The van der Waals surface area contributed by atoms with Gasteiger partial charge in [-0.25, -0.2) is 14.4 Å². The zero-order valence-corrected chi connectivity index (χ0v) is 17.1. The number of ketones is 1. The minimum Gasteiger partial charge on any atom is -0.320 e. The van der Waals surface area contributed by atoms with Crippen LogP contribution in [0.25, 0.3) is 11.1 Å². The van der Waals surface area contributed by atoms with Crippen molar-refractivity contribution >= 4 is 17.4 Å². The SMILES string of the molecule is C=C(F)C(=O)Nc1cc(CN2CCN(C)CC2)c2c(c1)C(=O)c1nc(C(F)(F)F)ncc1-2. The summed E-state index contributed by atoms with van der Waals surface area (Å²) >= 11 is 0. The monoisotopic (exact) mass is 449 g/mol. The van der Waals surface area contributed by atoms with Crippen LogP contribution in [0.4, 0.5) is 23.2 Å². The van der Waals surface area contributed by atoms with Crippen LogP contribution in [0.3, 0.4) is 0 Å². The molecule has 0 radical (unpaired) electrons. The standard InChI is InChI=1S/C21H19F4N5O2/c1-11(22)19(32)27-13-7-12(10-30-5-3-29(2)4-6-30)16-14(8-13)18(31)17-15(16)9-26-20(28-17)21(23,24)25/h7-9H,1,3-6,10H2,2H3,(H,27,32). The first kappa shape index (κ1) is 22.0. The van der Waals surface area contributed by atoms with E-state index in [0.717, 1.165) is 32.4 Å². The molecule has 0 spiro atoms. The number of hydrogen-bond donors (Lipinski definition) is 1. The Morgan fingerprint density at radius 2 is 1.88 bits per heavy atom. The zero-order valence-electron chi connectivity index (χ0n) is 17.1. The Hall–Kier alpha value is -3.18. The number of alkyl halides is 3. The number of amides is 1. The average Bonchev–Trinajstić information content (AvgIpc) is 3.01. The molecule has 1 aliphatic carbocycles. The molecule has 1 aromatic heterocycles. The number of piperazine rings is 1. The topological polar surface area (TPSA) is 78.4 Å². The van der Waals surface area contributed by atoms with Crippen LogP contribution in [-0.4, -0.2) is 64.7 Å². The van der Waals surface area contributed by atoms with Crippen LogP contribution in [0.1, 0.15) is 27.4 Å².